The van der Waals surface area contributed by atoms with Gasteiger partial charge in [0.15, 0.2) is 0 Å². The Hall–Kier alpha value is -2.81. The molecule has 1 atom stereocenters. The fourth-order valence-electron chi connectivity index (χ4n) is 3.48. The van der Waals surface area contributed by atoms with Crippen LogP contribution in [0, 0.1) is 0 Å². The molecule has 8 nitrogen and oxygen atoms in total. The summed E-state index contributed by atoms with van der Waals surface area (Å²) in [5.74, 6) is -0.417. The van der Waals surface area contributed by atoms with Gasteiger partial charge in [-0.15, -0.1) is 0 Å². The van der Waals surface area contributed by atoms with Crippen molar-refractivity contribution in [3.8, 4) is 5.88 Å². The first-order valence-corrected chi connectivity index (χ1v) is 10.8. The zero-order valence-corrected chi connectivity index (χ0v) is 18.2. The zero-order valence-electron chi connectivity index (χ0n) is 17.4. The van der Waals surface area contributed by atoms with Gasteiger partial charge < -0.3 is 10.0 Å². The molecule has 0 bridgehead atoms. The van der Waals surface area contributed by atoms with E-state index >= 15 is 0 Å². The number of aliphatic imine (C=N–C) groups is 1. The molecule has 0 aliphatic carbocycles. The van der Waals surface area contributed by atoms with Crippen LogP contribution in [0.2, 0.25) is 0 Å². The van der Waals surface area contributed by atoms with Crippen molar-refractivity contribution < 1.29 is 9.90 Å². The quantitative estimate of drug-likeness (QED) is 0.591. The minimum atomic E-state index is -0.656. The Balaban J connectivity index is 1.99. The van der Waals surface area contributed by atoms with E-state index in [1.165, 1.54) is 14.1 Å². The topological polar surface area (TPSA) is 96.9 Å². The van der Waals surface area contributed by atoms with Crippen LogP contribution in [-0.4, -0.2) is 48.4 Å². The molecule has 1 amide bonds. The lowest BCUT2D eigenvalue weighted by molar-refractivity contribution is -0.131. The van der Waals surface area contributed by atoms with Crippen molar-refractivity contribution in [2.75, 3.05) is 12.3 Å². The van der Waals surface area contributed by atoms with E-state index in [1.54, 1.807) is 24.3 Å². The van der Waals surface area contributed by atoms with Gasteiger partial charge in [0.1, 0.15) is 10.6 Å². The number of benzene rings is 1. The lowest BCUT2D eigenvalue weighted by Gasteiger charge is -2.33. The number of likely N-dealkylation sites (tertiary alicyclic amines) is 1. The van der Waals surface area contributed by atoms with Crippen molar-refractivity contribution >= 4 is 28.4 Å². The van der Waals surface area contributed by atoms with E-state index in [9.17, 15) is 19.5 Å². The van der Waals surface area contributed by atoms with Gasteiger partial charge >= 0.3 is 5.69 Å². The maximum Gasteiger partial charge on any atom is 0.333 e. The monoisotopic (exact) mass is 430 g/mol. The van der Waals surface area contributed by atoms with Crippen molar-refractivity contribution in [3.63, 3.8) is 0 Å². The number of carbonyl (C=O) groups excluding carboxylic acids is 1. The van der Waals surface area contributed by atoms with Crippen LogP contribution >= 0.6 is 11.8 Å². The van der Waals surface area contributed by atoms with Gasteiger partial charge in [0.2, 0.25) is 11.8 Å². The van der Waals surface area contributed by atoms with Crippen molar-refractivity contribution in [3.05, 3.63) is 56.7 Å². The first kappa shape index (κ1) is 21.9. The first-order chi connectivity index (χ1) is 14.3. The predicted octanol–water partition coefficient (Wildman–Crippen LogP) is 2.00. The highest BCUT2D eigenvalue weighted by Gasteiger charge is 2.26. The van der Waals surface area contributed by atoms with E-state index in [4.69, 9.17) is 0 Å². The summed E-state index contributed by atoms with van der Waals surface area (Å²) in [4.78, 5) is 44.1. The number of para-hydroxylation sites is 1. The molecule has 1 N–H and O–H groups in total. The second-order valence-electron chi connectivity index (χ2n) is 7.38. The number of rotatable bonds is 4. The Morgan fingerprint density at radius 1 is 1.17 bits per heavy atom. The van der Waals surface area contributed by atoms with E-state index in [-0.39, 0.29) is 28.3 Å². The van der Waals surface area contributed by atoms with Crippen molar-refractivity contribution in [2.45, 2.75) is 32.2 Å². The summed E-state index contributed by atoms with van der Waals surface area (Å²) in [7, 11) is 2.73. The number of amides is 1. The number of carbonyl (C=O) groups is 1. The summed E-state index contributed by atoms with van der Waals surface area (Å²) in [6, 6.07) is 9.16. The second-order valence-corrected chi connectivity index (χ2v) is 8.34. The molecule has 2 heterocycles. The first-order valence-electron chi connectivity index (χ1n) is 9.86. The molecule has 2 aromatic rings. The van der Waals surface area contributed by atoms with Gasteiger partial charge in [0.25, 0.3) is 5.56 Å². The van der Waals surface area contributed by atoms with Crippen LogP contribution in [0.15, 0.2) is 44.9 Å². The average molecular weight is 431 g/mol. The van der Waals surface area contributed by atoms with Gasteiger partial charge in [-0.3, -0.25) is 18.7 Å². The molecule has 1 aromatic carbocycles. The molecule has 0 spiro atoms. The number of hydrogen-bond acceptors (Lipinski definition) is 6. The number of hydrogen-bond donors (Lipinski definition) is 1. The Labute approximate surface area is 178 Å². The molecule has 1 aromatic heterocycles. The molecule has 1 aliphatic heterocycles. The molecule has 1 aliphatic rings. The molecule has 1 unspecified atom stereocenters. The Kier molecular flexibility index (Phi) is 6.81. The van der Waals surface area contributed by atoms with E-state index in [0.29, 0.717) is 5.69 Å². The van der Waals surface area contributed by atoms with Crippen LogP contribution in [0.5, 0.6) is 5.88 Å². The molecule has 9 heteroatoms. The summed E-state index contributed by atoms with van der Waals surface area (Å²) >= 11 is 1.09. The Morgan fingerprint density at radius 2 is 1.87 bits per heavy atom. The van der Waals surface area contributed by atoms with Gasteiger partial charge in [-0.05, 0) is 38.3 Å². The van der Waals surface area contributed by atoms with Gasteiger partial charge in [-0.1, -0.05) is 30.0 Å². The summed E-state index contributed by atoms with van der Waals surface area (Å²) < 4.78 is 1.91. The molecule has 30 heavy (non-hydrogen) atoms. The van der Waals surface area contributed by atoms with Gasteiger partial charge in [0, 0.05) is 26.7 Å². The van der Waals surface area contributed by atoms with Crippen LogP contribution in [0.4, 0.5) is 5.69 Å². The third-order valence-electron chi connectivity index (χ3n) is 5.29. The van der Waals surface area contributed by atoms with Gasteiger partial charge in [0.05, 0.1) is 11.4 Å². The molecular weight excluding hydrogens is 404 g/mol. The number of thioether (sulfide) groups is 1. The largest absolute Gasteiger partial charge is 0.494 e. The predicted molar refractivity (Wildman–Crippen MR) is 119 cm³/mol. The van der Waals surface area contributed by atoms with Crippen LogP contribution in [0.25, 0.3) is 0 Å². The van der Waals surface area contributed by atoms with Crippen molar-refractivity contribution in [2.24, 2.45) is 19.1 Å². The van der Waals surface area contributed by atoms with Crippen LogP contribution in [0.1, 0.15) is 31.7 Å². The number of aromatic hydroxyl groups is 1. The SMILES string of the molecule is CC1CCCCN1C(=O)CSC(=Nc1ccccc1)c1c(O)n(C)c(=O)n(C)c1=O. The van der Waals surface area contributed by atoms with E-state index in [2.05, 4.69) is 4.99 Å². The van der Waals surface area contributed by atoms with Gasteiger partial charge in [-0.2, -0.15) is 0 Å². The Morgan fingerprint density at radius 3 is 2.53 bits per heavy atom. The minimum Gasteiger partial charge on any atom is -0.494 e. The molecule has 3 rings (SSSR count). The van der Waals surface area contributed by atoms with Crippen LogP contribution in [-0.2, 0) is 18.9 Å². The Bertz CT molecular complexity index is 1070. The molecular formula is C21H26N4O4S. The van der Waals surface area contributed by atoms with Crippen LogP contribution < -0.4 is 11.2 Å². The highest BCUT2D eigenvalue weighted by Crippen LogP contribution is 2.24. The smallest absolute Gasteiger partial charge is 0.333 e. The molecule has 160 valence electrons. The maximum atomic E-state index is 12.8. The van der Waals surface area contributed by atoms with E-state index in [1.807, 2.05) is 17.9 Å². The summed E-state index contributed by atoms with van der Waals surface area (Å²) in [6.07, 6.45) is 3.07. The van der Waals surface area contributed by atoms with E-state index in [0.717, 1.165) is 46.7 Å². The maximum absolute atomic E-state index is 12.8. The number of piperidine rings is 1. The lowest BCUT2D eigenvalue weighted by atomic mass is 10.0. The fourth-order valence-corrected chi connectivity index (χ4v) is 4.40. The number of nitrogens with zero attached hydrogens (tertiary/aromatic N) is 4. The fraction of sp³-hybridized carbons (Fsp3) is 0.429. The molecule has 1 fully saturated rings. The normalized spacial score (nSPS) is 17.2. The standard InChI is InChI=1S/C21H26N4O4S/c1-14-9-7-8-12-25(14)16(26)13-30-18(22-15-10-5-4-6-11-15)17-19(27)23(2)21(29)24(3)20(17)28/h4-6,10-11,14,27H,7-9,12-13H2,1-3H3. The highest BCUT2D eigenvalue weighted by atomic mass is 32.2. The minimum absolute atomic E-state index is 0.0332. The molecule has 0 radical (unpaired) electrons. The lowest BCUT2D eigenvalue weighted by Crippen LogP contribution is -2.43. The van der Waals surface area contributed by atoms with Gasteiger partial charge in [-0.25, -0.2) is 9.79 Å². The molecule has 1 saturated heterocycles. The highest BCUT2D eigenvalue weighted by molar-refractivity contribution is 8.15. The molecule has 0 saturated carbocycles. The average Bonchev–Trinajstić information content (AvgIpc) is 2.75. The van der Waals surface area contributed by atoms with Crippen molar-refractivity contribution in [1.29, 1.82) is 0 Å². The summed E-state index contributed by atoms with van der Waals surface area (Å²) in [6.45, 7) is 2.76. The third-order valence-corrected chi connectivity index (χ3v) is 6.25. The summed E-state index contributed by atoms with van der Waals surface area (Å²) in [5, 5.41) is 10.7. The zero-order chi connectivity index (χ0) is 21.8. The summed E-state index contributed by atoms with van der Waals surface area (Å²) in [5.41, 5.74) is -0.804. The van der Waals surface area contributed by atoms with Crippen molar-refractivity contribution in [1.82, 2.24) is 14.0 Å². The van der Waals surface area contributed by atoms with E-state index < -0.39 is 17.1 Å². The van der Waals surface area contributed by atoms with Crippen LogP contribution in [0.3, 0.4) is 0 Å². The third kappa shape index (κ3) is 4.51. The number of aromatic nitrogens is 2. The second kappa shape index (κ2) is 9.34.